The number of benzene rings is 2. The van der Waals surface area contributed by atoms with E-state index in [1.165, 1.54) is 6.07 Å². The van der Waals surface area contributed by atoms with Gasteiger partial charge >= 0.3 is 6.18 Å². The molecule has 5 rings (SSSR count). The highest BCUT2D eigenvalue weighted by molar-refractivity contribution is 6.41. The fourth-order valence-electron chi connectivity index (χ4n) is 4.82. The van der Waals surface area contributed by atoms with Gasteiger partial charge in [-0.2, -0.15) is 13.2 Å². The van der Waals surface area contributed by atoms with E-state index in [2.05, 4.69) is 37.3 Å². The summed E-state index contributed by atoms with van der Waals surface area (Å²) in [5.41, 5.74) is 4.98. The third kappa shape index (κ3) is 7.90. The van der Waals surface area contributed by atoms with Crippen LogP contribution in [0, 0.1) is 13.8 Å². The predicted octanol–water partition coefficient (Wildman–Crippen LogP) is 6.33. The van der Waals surface area contributed by atoms with E-state index < -0.39 is 17.6 Å². The fraction of sp³-hybridized carbons (Fsp3) is 0.242. The molecule has 0 saturated carbocycles. The summed E-state index contributed by atoms with van der Waals surface area (Å²) >= 11 is 0. The van der Waals surface area contributed by atoms with E-state index in [-0.39, 0.29) is 12.2 Å². The van der Waals surface area contributed by atoms with Crippen molar-refractivity contribution in [2.24, 2.45) is 15.0 Å². The molecule has 0 spiro atoms. The summed E-state index contributed by atoms with van der Waals surface area (Å²) < 4.78 is 46.6. The Kier molecular flexibility index (Phi) is 9.53. The van der Waals surface area contributed by atoms with Gasteiger partial charge in [-0.25, -0.2) is 0 Å². The van der Waals surface area contributed by atoms with E-state index in [0.717, 1.165) is 34.6 Å². The lowest BCUT2D eigenvalue weighted by Gasteiger charge is -2.29. The summed E-state index contributed by atoms with van der Waals surface area (Å²) in [5.74, 6) is -0.659. The molecule has 1 saturated heterocycles. The number of carbonyl (C=O) groups is 1. The number of halogens is 3. The lowest BCUT2D eigenvalue weighted by Crippen LogP contribution is -2.36. The normalized spacial score (nSPS) is 16.9. The first-order chi connectivity index (χ1) is 21.6. The largest absolute Gasteiger partial charge is 0.416 e. The predicted molar refractivity (Wildman–Crippen MR) is 173 cm³/mol. The number of hydrogen-bond acceptors (Lipinski definition) is 8. The van der Waals surface area contributed by atoms with Crippen molar-refractivity contribution >= 4 is 47.3 Å². The Morgan fingerprint density at radius 3 is 2.58 bits per heavy atom. The highest BCUT2D eigenvalue weighted by Crippen LogP contribution is 2.34. The highest BCUT2D eigenvalue weighted by atomic mass is 19.4. The molecular formula is C33H32F3N7O2. The van der Waals surface area contributed by atoms with Gasteiger partial charge in [-0.05, 0) is 74.7 Å². The second kappa shape index (κ2) is 13.7. The number of allylic oxidation sites excluding steroid dienone is 2. The maximum Gasteiger partial charge on any atom is 0.416 e. The van der Waals surface area contributed by atoms with Crippen LogP contribution in [0.15, 0.2) is 87.6 Å². The average Bonchev–Trinajstić information content (AvgIpc) is 3.03. The molecule has 0 aliphatic carbocycles. The molecule has 3 aromatic rings. The maximum atomic E-state index is 13.8. The molecule has 0 radical (unpaired) electrons. The van der Waals surface area contributed by atoms with Crippen LogP contribution in [-0.2, 0) is 10.9 Å². The molecule has 2 aromatic carbocycles. The molecule has 1 fully saturated rings. The quantitative estimate of drug-likeness (QED) is 0.289. The number of amides is 1. The number of alkyl halides is 3. The van der Waals surface area contributed by atoms with Gasteiger partial charge in [-0.3, -0.25) is 24.8 Å². The lowest BCUT2D eigenvalue weighted by atomic mass is 10.00. The van der Waals surface area contributed by atoms with Crippen molar-refractivity contribution in [1.29, 1.82) is 0 Å². The third-order valence-corrected chi connectivity index (χ3v) is 7.24. The lowest BCUT2D eigenvalue weighted by molar-refractivity contribution is -0.137. The molecule has 2 aliphatic rings. The number of morpholine rings is 1. The van der Waals surface area contributed by atoms with Gasteiger partial charge < -0.3 is 20.3 Å². The van der Waals surface area contributed by atoms with Gasteiger partial charge in [0.2, 0.25) is 0 Å². The van der Waals surface area contributed by atoms with Crippen LogP contribution in [0.25, 0.3) is 5.70 Å². The van der Waals surface area contributed by atoms with Crippen LogP contribution in [0.2, 0.25) is 0 Å². The molecule has 0 bridgehead atoms. The first-order valence-electron chi connectivity index (χ1n) is 14.2. The van der Waals surface area contributed by atoms with E-state index >= 15 is 0 Å². The molecule has 0 unspecified atom stereocenters. The summed E-state index contributed by atoms with van der Waals surface area (Å²) in [6.45, 7) is 9.33. The van der Waals surface area contributed by atoms with Gasteiger partial charge in [0, 0.05) is 53.1 Å². The topological polar surface area (TPSA) is 104 Å². The number of nitrogens with zero attached hydrogens (tertiary/aromatic N) is 5. The van der Waals surface area contributed by atoms with Crippen molar-refractivity contribution in [2.75, 3.05) is 48.5 Å². The van der Waals surface area contributed by atoms with Crippen LogP contribution in [-0.4, -0.2) is 62.5 Å². The third-order valence-electron chi connectivity index (χ3n) is 7.24. The standard InChI is InChI=1S/C33H32F3N7O2/c1-21-4-6-26(42-32(44)23-12-25(33(34,35)36)15-28(13-23)43-8-10-45-11-9-43)16-29(21)30-14-24(17-37-3)31(19-39-30)41-20-40-27-7-5-22(2)38-18-27/h4-7,12-19,40H,3,8-11,20H2,1-2H3,(H,42,44)/b24-17-,41-31?. The summed E-state index contributed by atoms with van der Waals surface area (Å²) in [7, 11) is 0. The molecular weight excluding hydrogens is 583 g/mol. The Morgan fingerprint density at radius 2 is 1.87 bits per heavy atom. The Balaban J connectivity index is 1.36. The maximum absolute atomic E-state index is 13.8. The van der Waals surface area contributed by atoms with Gasteiger partial charge in [-0.15, -0.1) is 0 Å². The van der Waals surface area contributed by atoms with E-state index in [1.54, 1.807) is 35.6 Å². The smallest absolute Gasteiger partial charge is 0.378 e. The average molecular weight is 616 g/mol. The van der Waals surface area contributed by atoms with Gasteiger partial charge in [0.1, 0.15) is 6.67 Å². The van der Waals surface area contributed by atoms with E-state index in [0.29, 0.717) is 54.7 Å². The Bertz CT molecular complexity index is 1700. The number of aryl methyl sites for hydroxylation is 2. The number of aromatic nitrogens is 1. The molecule has 1 amide bonds. The van der Waals surface area contributed by atoms with E-state index in [4.69, 9.17) is 4.74 Å². The van der Waals surface area contributed by atoms with Crippen LogP contribution < -0.4 is 15.5 Å². The number of rotatable bonds is 8. The highest BCUT2D eigenvalue weighted by Gasteiger charge is 2.32. The van der Waals surface area contributed by atoms with E-state index in [9.17, 15) is 18.0 Å². The van der Waals surface area contributed by atoms with Crippen molar-refractivity contribution in [2.45, 2.75) is 20.0 Å². The van der Waals surface area contributed by atoms with Crippen LogP contribution >= 0.6 is 0 Å². The van der Waals surface area contributed by atoms with Crippen LogP contribution in [0.5, 0.6) is 0 Å². The summed E-state index contributed by atoms with van der Waals surface area (Å²) in [6, 6.07) is 12.5. The number of nitrogens with one attached hydrogen (secondary N) is 2. The zero-order chi connectivity index (χ0) is 32.0. The number of ether oxygens (including phenoxy) is 1. The number of anilines is 3. The molecule has 1 aromatic heterocycles. The number of pyridine rings is 1. The summed E-state index contributed by atoms with van der Waals surface area (Å²) in [6.07, 6.45) is 2.15. The van der Waals surface area contributed by atoms with Crippen molar-refractivity contribution < 1.29 is 22.7 Å². The molecule has 3 heterocycles. The summed E-state index contributed by atoms with van der Waals surface area (Å²) in [5, 5.41) is 5.95. The zero-order valence-corrected chi connectivity index (χ0v) is 24.9. The minimum absolute atomic E-state index is 0.0958. The monoisotopic (exact) mass is 615 g/mol. The Labute approximate surface area is 259 Å². The van der Waals surface area contributed by atoms with Gasteiger partial charge in [-0.1, -0.05) is 6.07 Å². The first-order valence-corrected chi connectivity index (χ1v) is 14.2. The molecule has 9 nitrogen and oxygen atoms in total. The molecule has 2 N–H and O–H groups in total. The molecule has 0 atom stereocenters. The van der Waals surface area contributed by atoms with E-state index in [1.807, 2.05) is 38.1 Å². The Morgan fingerprint density at radius 1 is 1.09 bits per heavy atom. The minimum atomic E-state index is -4.61. The first kappa shape index (κ1) is 31.3. The van der Waals surface area contributed by atoms with Crippen molar-refractivity contribution in [3.05, 3.63) is 101 Å². The second-order valence-corrected chi connectivity index (χ2v) is 10.5. The van der Waals surface area contributed by atoms with Crippen LogP contribution in [0.4, 0.5) is 30.2 Å². The van der Waals surface area contributed by atoms with Crippen LogP contribution in [0.3, 0.4) is 0 Å². The molecule has 2 aliphatic heterocycles. The van der Waals surface area contributed by atoms with Crippen LogP contribution in [0.1, 0.15) is 32.7 Å². The molecule has 12 heteroatoms. The second-order valence-electron chi connectivity index (χ2n) is 10.5. The number of aliphatic imine (C=N–C) groups is 3. The van der Waals surface area contributed by atoms with Crippen molar-refractivity contribution in [3.8, 4) is 0 Å². The van der Waals surface area contributed by atoms with Gasteiger partial charge in [0.15, 0.2) is 0 Å². The van der Waals surface area contributed by atoms with Crippen molar-refractivity contribution in [3.63, 3.8) is 0 Å². The minimum Gasteiger partial charge on any atom is -0.378 e. The van der Waals surface area contributed by atoms with Gasteiger partial charge in [0.25, 0.3) is 5.91 Å². The SMILES string of the molecule is C=N/C=C1/C=C(c2cc(NC(=O)c3cc(N4CCOCC4)cc(C(F)(F)F)c3)ccc2C)N=CC1=NCNc1ccc(C)nc1. The zero-order valence-electron chi connectivity index (χ0n) is 24.9. The van der Waals surface area contributed by atoms with Crippen molar-refractivity contribution in [1.82, 2.24) is 4.98 Å². The number of hydrogen-bond donors (Lipinski definition) is 2. The molecule has 45 heavy (non-hydrogen) atoms. The fourth-order valence-corrected chi connectivity index (χ4v) is 4.82. The molecule has 232 valence electrons. The summed E-state index contributed by atoms with van der Waals surface area (Å²) in [4.78, 5) is 32.4. The number of carbonyl (C=O) groups excluding carboxylic acids is 1. The Hall–Kier alpha value is -5.10. The van der Waals surface area contributed by atoms with Gasteiger partial charge in [0.05, 0.1) is 48.3 Å².